The zero-order valence-electron chi connectivity index (χ0n) is 11.3. The summed E-state index contributed by atoms with van der Waals surface area (Å²) in [6, 6.07) is 5.00. The van der Waals surface area contributed by atoms with Gasteiger partial charge in [0.25, 0.3) is 0 Å². The third-order valence-corrected chi connectivity index (χ3v) is 5.65. The van der Waals surface area contributed by atoms with Crippen LogP contribution in [0.5, 0.6) is 0 Å². The van der Waals surface area contributed by atoms with Crippen molar-refractivity contribution in [2.24, 2.45) is 11.1 Å². The van der Waals surface area contributed by atoms with Crippen molar-refractivity contribution < 1.29 is 12.8 Å². The summed E-state index contributed by atoms with van der Waals surface area (Å²) in [7, 11) is -3.42. The van der Waals surface area contributed by atoms with Gasteiger partial charge < -0.3 is 5.32 Å². The minimum absolute atomic E-state index is 0.0274. The number of benzene rings is 1. The molecule has 0 saturated heterocycles. The lowest BCUT2D eigenvalue weighted by Gasteiger charge is -2.11. The lowest BCUT2D eigenvalue weighted by Crippen LogP contribution is -2.23. The van der Waals surface area contributed by atoms with Crippen molar-refractivity contribution in [3.05, 3.63) is 24.0 Å². The lowest BCUT2D eigenvalue weighted by molar-refractivity contribution is 0.557. The van der Waals surface area contributed by atoms with E-state index in [9.17, 15) is 12.8 Å². The van der Waals surface area contributed by atoms with Gasteiger partial charge in [0, 0.05) is 6.04 Å². The van der Waals surface area contributed by atoms with Gasteiger partial charge in [-0.2, -0.15) is 0 Å². The number of thiazole rings is 1. The summed E-state index contributed by atoms with van der Waals surface area (Å²) in [5.74, 6) is -0.153. The second-order valence-electron chi connectivity index (χ2n) is 5.46. The fourth-order valence-electron chi connectivity index (χ4n) is 2.84. The number of hydrogen-bond donors (Lipinski definition) is 2. The Morgan fingerprint density at radius 3 is 2.95 bits per heavy atom. The van der Waals surface area contributed by atoms with Crippen molar-refractivity contribution in [3.63, 3.8) is 0 Å². The van der Waals surface area contributed by atoms with Crippen LogP contribution in [0.25, 0.3) is 10.2 Å². The maximum Gasteiger partial charge on any atom is 0.209 e. The number of nitrogens with zero attached hydrogens (tertiary/aromatic N) is 1. The molecule has 0 aliphatic heterocycles. The van der Waals surface area contributed by atoms with Crippen molar-refractivity contribution in [2.75, 3.05) is 11.1 Å². The van der Waals surface area contributed by atoms with Crippen LogP contribution in [0.1, 0.15) is 19.3 Å². The second kappa shape index (κ2) is 5.51. The maximum absolute atomic E-state index is 13.6. The molecule has 1 aliphatic carbocycles. The van der Waals surface area contributed by atoms with Crippen LogP contribution in [0.4, 0.5) is 9.52 Å². The maximum atomic E-state index is 13.6. The Bertz CT molecular complexity index is 760. The molecule has 1 aliphatic rings. The van der Waals surface area contributed by atoms with E-state index in [2.05, 4.69) is 10.3 Å². The van der Waals surface area contributed by atoms with Gasteiger partial charge in [0.1, 0.15) is 5.82 Å². The smallest absolute Gasteiger partial charge is 0.209 e. The van der Waals surface area contributed by atoms with Gasteiger partial charge in [0.05, 0.1) is 16.0 Å². The molecule has 2 aromatic rings. The highest BCUT2D eigenvalue weighted by molar-refractivity contribution is 7.89. The zero-order valence-corrected chi connectivity index (χ0v) is 12.9. The summed E-state index contributed by atoms with van der Waals surface area (Å²) in [4.78, 5) is 4.36. The molecule has 5 nitrogen and oxygen atoms in total. The topological polar surface area (TPSA) is 85.1 Å². The molecule has 114 valence electrons. The minimum Gasteiger partial charge on any atom is -0.359 e. The van der Waals surface area contributed by atoms with Crippen molar-refractivity contribution in [1.29, 1.82) is 0 Å². The van der Waals surface area contributed by atoms with Crippen molar-refractivity contribution in [2.45, 2.75) is 25.3 Å². The molecule has 21 heavy (non-hydrogen) atoms. The van der Waals surface area contributed by atoms with Gasteiger partial charge in [0.15, 0.2) is 5.13 Å². The van der Waals surface area contributed by atoms with Gasteiger partial charge in [-0.1, -0.05) is 17.4 Å². The highest BCUT2D eigenvalue weighted by Gasteiger charge is 2.28. The molecule has 1 aromatic heterocycles. The number of aromatic nitrogens is 1. The summed E-state index contributed by atoms with van der Waals surface area (Å²) in [6.45, 7) is 0. The molecule has 1 fully saturated rings. The van der Waals surface area contributed by atoms with E-state index in [1.54, 1.807) is 12.1 Å². The number of hydrogen-bond acceptors (Lipinski definition) is 5. The fraction of sp³-hybridized carbons (Fsp3) is 0.462. The van der Waals surface area contributed by atoms with Crippen LogP contribution in [0.2, 0.25) is 0 Å². The largest absolute Gasteiger partial charge is 0.359 e. The van der Waals surface area contributed by atoms with Crippen LogP contribution in [0.3, 0.4) is 0 Å². The van der Waals surface area contributed by atoms with Crippen LogP contribution in [-0.4, -0.2) is 25.2 Å². The monoisotopic (exact) mass is 329 g/mol. The number of fused-ring (bicyclic) bond motifs is 1. The second-order valence-corrected chi connectivity index (χ2v) is 8.12. The number of halogens is 1. The fourth-order valence-corrected chi connectivity index (χ4v) is 4.74. The van der Waals surface area contributed by atoms with Crippen LogP contribution in [0, 0.1) is 11.7 Å². The SMILES string of the molecule is NS(=O)(=O)C[C@@H]1CC[C@H](Nc2nc3cccc(F)c3s2)C1. The Morgan fingerprint density at radius 2 is 2.24 bits per heavy atom. The number of rotatable bonds is 4. The molecule has 0 radical (unpaired) electrons. The van der Waals surface area contributed by atoms with Crippen LogP contribution in [-0.2, 0) is 10.0 Å². The van der Waals surface area contributed by atoms with Crippen molar-refractivity contribution in [1.82, 2.24) is 4.98 Å². The number of primary sulfonamides is 1. The minimum atomic E-state index is -3.42. The third kappa shape index (κ3) is 3.50. The zero-order chi connectivity index (χ0) is 15.0. The third-order valence-electron chi connectivity index (χ3n) is 3.70. The van der Waals surface area contributed by atoms with Crippen molar-refractivity contribution in [3.8, 4) is 0 Å². The first-order valence-corrected chi connectivity index (χ1v) is 9.26. The summed E-state index contributed by atoms with van der Waals surface area (Å²) in [5, 5.41) is 9.04. The number of anilines is 1. The highest BCUT2D eigenvalue weighted by atomic mass is 32.2. The molecule has 8 heteroatoms. The molecule has 0 bridgehead atoms. The van der Waals surface area contributed by atoms with Gasteiger partial charge in [-0.05, 0) is 37.3 Å². The Morgan fingerprint density at radius 1 is 1.43 bits per heavy atom. The quantitative estimate of drug-likeness (QED) is 0.901. The van der Waals surface area contributed by atoms with Crippen LogP contribution in [0.15, 0.2) is 18.2 Å². The molecular weight excluding hydrogens is 313 g/mol. The Labute approximate surface area is 126 Å². The molecule has 1 saturated carbocycles. The van der Waals surface area contributed by atoms with Gasteiger partial charge in [-0.25, -0.2) is 22.9 Å². The Kier molecular flexibility index (Phi) is 3.85. The Balaban J connectivity index is 1.68. The van der Waals surface area contributed by atoms with E-state index in [1.807, 2.05) is 0 Å². The molecule has 3 rings (SSSR count). The molecule has 1 heterocycles. The van der Waals surface area contributed by atoms with E-state index in [4.69, 9.17) is 5.14 Å². The number of sulfonamides is 1. The summed E-state index contributed by atoms with van der Waals surface area (Å²) in [6.07, 6.45) is 2.45. The molecule has 1 aromatic carbocycles. The van der Waals surface area contributed by atoms with E-state index in [1.165, 1.54) is 17.4 Å². The van der Waals surface area contributed by atoms with Crippen molar-refractivity contribution >= 4 is 36.7 Å². The predicted octanol–water partition coefficient (Wildman–Crippen LogP) is 2.30. The number of nitrogens with one attached hydrogen (secondary N) is 1. The predicted molar refractivity (Wildman–Crippen MR) is 82.3 cm³/mol. The summed E-state index contributed by atoms with van der Waals surface area (Å²) < 4.78 is 36.4. The van der Waals surface area contributed by atoms with Crippen LogP contribution >= 0.6 is 11.3 Å². The van der Waals surface area contributed by atoms with E-state index in [-0.39, 0.29) is 23.5 Å². The lowest BCUT2D eigenvalue weighted by atomic mass is 10.1. The normalized spacial score (nSPS) is 22.8. The van der Waals surface area contributed by atoms with Gasteiger partial charge in [-0.3, -0.25) is 0 Å². The molecule has 0 spiro atoms. The van der Waals surface area contributed by atoms with E-state index >= 15 is 0 Å². The molecule has 2 atom stereocenters. The van der Waals surface area contributed by atoms with E-state index in [0.29, 0.717) is 15.3 Å². The molecule has 3 N–H and O–H groups in total. The van der Waals surface area contributed by atoms with Gasteiger partial charge in [-0.15, -0.1) is 0 Å². The first-order valence-electron chi connectivity index (χ1n) is 6.73. The van der Waals surface area contributed by atoms with Gasteiger partial charge >= 0.3 is 0 Å². The van der Waals surface area contributed by atoms with E-state index < -0.39 is 10.0 Å². The summed E-state index contributed by atoms with van der Waals surface area (Å²) >= 11 is 1.28. The Hall–Kier alpha value is -1.25. The van der Waals surface area contributed by atoms with Crippen LogP contribution < -0.4 is 10.5 Å². The first kappa shape index (κ1) is 14.7. The standard InChI is InChI=1S/C13H16FN3O2S2/c14-10-2-1-3-11-12(10)20-13(17-11)16-9-5-4-8(6-9)7-21(15,18)19/h1-3,8-9H,4-7H2,(H,16,17)(H2,15,18,19)/t8-,9+/m1/s1. The molecule has 0 amide bonds. The number of nitrogens with two attached hydrogens (primary N) is 1. The molecular formula is C13H16FN3O2S2. The van der Waals surface area contributed by atoms with Gasteiger partial charge in [0.2, 0.25) is 10.0 Å². The summed E-state index contributed by atoms with van der Waals surface area (Å²) in [5.41, 5.74) is 0.640. The first-order chi connectivity index (χ1) is 9.90. The highest BCUT2D eigenvalue weighted by Crippen LogP contribution is 2.32. The molecule has 0 unspecified atom stereocenters. The van der Waals surface area contributed by atoms with E-state index in [0.717, 1.165) is 19.3 Å². The average Bonchev–Trinajstić information content (AvgIpc) is 2.95. The average molecular weight is 329 g/mol.